The van der Waals surface area contributed by atoms with E-state index in [1.807, 2.05) is 19.9 Å². The summed E-state index contributed by atoms with van der Waals surface area (Å²) in [6.07, 6.45) is 1.09. The first-order valence-electron chi connectivity index (χ1n) is 15.7. The summed E-state index contributed by atoms with van der Waals surface area (Å²) in [4.78, 5) is 0. The Morgan fingerprint density at radius 3 is 1.27 bits per heavy atom. The van der Waals surface area contributed by atoms with Crippen LogP contribution in [0.25, 0.3) is 43.8 Å². The molecule has 7 rings (SSSR count). The van der Waals surface area contributed by atoms with Crippen molar-refractivity contribution in [3.05, 3.63) is 169 Å². The molecule has 0 spiro atoms. The zero-order chi connectivity index (χ0) is 30.7. The highest BCUT2D eigenvalue weighted by Crippen LogP contribution is 2.29. The fourth-order valence-electron chi connectivity index (χ4n) is 5.52. The average molecular weight is 572 g/mol. The Hall–Kier alpha value is -5.14. The van der Waals surface area contributed by atoms with E-state index in [2.05, 4.69) is 171 Å². The van der Waals surface area contributed by atoms with Crippen LogP contribution in [0.15, 0.2) is 158 Å². The third kappa shape index (κ3) is 7.25. The molecular formula is C43H41N. The summed E-state index contributed by atoms with van der Waals surface area (Å²) in [6.45, 7) is 8.34. The van der Waals surface area contributed by atoms with Gasteiger partial charge in [-0.15, -0.1) is 0 Å². The van der Waals surface area contributed by atoms with Crippen LogP contribution in [-0.4, -0.2) is 0 Å². The lowest BCUT2D eigenvalue weighted by Gasteiger charge is -2.09. The highest BCUT2D eigenvalue weighted by Gasteiger charge is 2.05. The zero-order valence-corrected chi connectivity index (χ0v) is 26.2. The van der Waals surface area contributed by atoms with Gasteiger partial charge < -0.3 is 5.32 Å². The smallest absolute Gasteiger partial charge is 0.0384 e. The molecule has 0 aliphatic heterocycles. The van der Waals surface area contributed by atoms with Crippen molar-refractivity contribution in [3.8, 4) is 22.3 Å². The van der Waals surface area contributed by atoms with Gasteiger partial charge in [0.1, 0.15) is 0 Å². The van der Waals surface area contributed by atoms with Crippen LogP contribution in [0, 0.1) is 6.92 Å². The molecule has 7 aromatic carbocycles. The van der Waals surface area contributed by atoms with Gasteiger partial charge in [-0.25, -0.2) is 0 Å². The summed E-state index contributed by atoms with van der Waals surface area (Å²) in [5.74, 6) is 0. The Morgan fingerprint density at radius 1 is 0.432 bits per heavy atom. The van der Waals surface area contributed by atoms with Gasteiger partial charge in [-0.05, 0) is 93.0 Å². The fourth-order valence-corrected chi connectivity index (χ4v) is 5.52. The second kappa shape index (κ2) is 14.8. The number of nitrogens with one attached hydrogen (secondary N) is 1. The largest absolute Gasteiger partial charge is 0.356 e. The van der Waals surface area contributed by atoms with E-state index in [4.69, 9.17) is 0 Å². The molecule has 7 aromatic rings. The Labute approximate surface area is 262 Å². The van der Waals surface area contributed by atoms with Crippen molar-refractivity contribution in [1.82, 2.24) is 0 Å². The summed E-state index contributed by atoms with van der Waals surface area (Å²) in [7, 11) is 0. The highest BCUT2D eigenvalue weighted by molar-refractivity contribution is 6.02. The van der Waals surface area contributed by atoms with E-state index in [0.29, 0.717) is 0 Å². The molecule has 0 heterocycles. The van der Waals surface area contributed by atoms with Gasteiger partial charge in [0.2, 0.25) is 0 Å². The molecular weight excluding hydrogens is 530 g/mol. The molecule has 1 heteroatoms. The lowest BCUT2D eigenvalue weighted by atomic mass is 9.95. The van der Waals surface area contributed by atoms with Crippen LogP contribution >= 0.6 is 0 Å². The minimum Gasteiger partial charge on any atom is -0.356 e. The maximum atomic E-state index is 3.47. The van der Waals surface area contributed by atoms with Crippen LogP contribution < -0.4 is 5.32 Å². The molecule has 0 aliphatic rings. The molecule has 0 fully saturated rings. The molecule has 0 aliphatic carbocycles. The monoisotopic (exact) mass is 571 g/mol. The summed E-state index contributed by atoms with van der Waals surface area (Å²) in [5, 5.41) is 8.95. The van der Waals surface area contributed by atoms with Crippen molar-refractivity contribution in [2.24, 2.45) is 0 Å². The fraction of sp³-hybridized carbons (Fsp3) is 0.116. The molecule has 1 N–H and O–H groups in total. The minimum absolute atomic E-state index is 1.09. The third-order valence-electron chi connectivity index (χ3n) is 7.79. The highest BCUT2D eigenvalue weighted by atomic mass is 14.9. The molecule has 0 amide bonds. The standard InChI is InChI=1S/C25H21N.C16H14.C2H6/c1-19-7-9-21(10-8-19)23-13-17-25(18-14-23)26-24-15-11-22(12-16-24)20-5-3-2-4-6-20;1-2-14-15-9-5-3-7-12(15)11-13-8-4-6-10-16(13)14;1-2/h2-18,26H,1H3;3-11H,2H2,1H3;1-2H3. The van der Waals surface area contributed by atoms with Crippen molar-refractivity contribution in [3.63, 3.8) is 0 Å². The number of anilines is 2. The molecule has 0 unspecified atom stereocenters. The van der Waals surface area contributed by atoms with Crippen LogP contribution in [0.2, 0.25) is 0 Å². The van der Waals surface area contributed by atoms with Gasteiger partial charge in [0.15, 0.2) is 0 Å². The van der Waals surface area contributed by atoms with Gasteiger partial charge in [0.25, 0.3) is 0 Å². The zero-order valence-electron chi connectivity index (χ0n) is 26.2. The van der Waals surface area contributed by atoms with E-state index >= 15 is 0 Å². The summed E-state index contributed by atoms with van der Waals surface area (Å²) in [5.41, 5.74) is 9.87. The lowest BCUT2D eigenvalue weighted by molar-refractivity contribution is 1.18. The van der Waals surface area contributed by atoms with Crippen molar-refractivity contribution in [1.29, 1.82) is 0 Å². The molecule has 0 atom stereocenters. The molecule has 0 radical (unpaired) electrons. The van der Waals surface area contributed by atoms with E-state index in [1.54, 1.807) is 0 Å². The molecule has 44 heavy (non-hydrogen) atoms. The van der Waals surface area contributed by atoms with E-state index in [9.17, 15) is 0 Å². The van der Waals surface area contributed by atoms with Crippen LogP contribution in [0.3, 0.4) is 0 Å². The number of benzene rings is 7. The normalized spacial score (nSPS) is 10.4. The molecule has 0 saturated carbocycles. The summed E-state index contributed by atoms with van der Waals surface area (Å²) < 4.78 is 0. The maximum Gasteiger partial charge on any atom is 0.0384 e. The Balaban J connectivity index is 0.000000182. The van der Waals surface area contributed by atoms with Gasteiger partial charge in [-0.3, -0.25) is 0 Å². The molecule has 0 bridgehead atoms. The van der Waals surface area contributed by atoms with Gasteiger partial charge in [0, 0.05) is 11.4 Å². The first-order chi connectivity index (χ1) is 21.7. The van der Waals surface area contributed by atoms with Gasteiger partial charge in [-0.2, -0.15) is 0 Å². The van der Waals surface area contributed by atoms with Gasteiger partial charge >= 0.3 is 0 Å². The number of aryl methyl sites for hydroxylation is 2. The number of fused-ring (bicyclic) bond motifs is 2. The number of hydrogen-bond donors (Lipinski definition) is 1. The van der Waals surface area contributed by atoms with Crippen molar-refractivity contribution < 1.29 is 0 Å². The van der Waals surface area contributed by atoms with Gasteiger partial charge in [-0.1, -0.05) is 154 Å². The predicted octanol–water partition coefficient (Wildman–Crippen LogP) is 12.7. The predicted molar refractivity (Wildman–Crippen MR) is 194 cm³/mol. The third-order valence-corrected chi connectivity index (χ3v) is 7.79. The molecule has 0 saturated heterocycles. The van der Waals surface area contributed by atoms with Crippen LogP contribution in [0.4, 0.5) is 11.4 Å². The quantitative estimate of drug-likeness (QED) is 0.203. The first-order valence-corrected chi connectivity index (χ1v) is 15.7. The SMILES string of the molecule is CC.CCc1c2ccccc2cc2ccccc12.Cc1ccc(-c2ccc(Nc3ccc(-c4ccccc4)cc3)cc2)cc1. The van der Waals surface area contributed by atoms with Crippen LogP contribution in [0.5, 0.6) is 0 Å². The number of hydrogen-bond acceptors (Lipinski definition) is 1. The first kappa shape index (κ1) is 30.3. The van der Waals surface area contributed by atoms with Crippen molar-refractivity contribution in [2.45, 2.75) is 34.1 Å². The Bertz CT molecular complexity index is 1850. The maximum absolute atomic E-state index is 3.47. The topological polar surface area (TPSA) is 12.0 Å². The second-order valence-corrected chi connectivity index (χ2v) is 10.7. The lowest BCUT2D eigenvalue weighted by Crippen LogP contribution is -1.90. The Kier molecular flexibility index (Phi) is 10.2. The van der Waals surface area contributed by atoms with Crippen LogP contribution in [0.1, 0.15) is 31.9 Å². The summed E-state index contributed by atoms with van der Waals surface area (Å²) in [6, 6.07) is 55.8. The van der Waals surface area contributed by atoms with Crippen molar-refractivity contribution in [2.75, 3.05) is 5.32 Å². The van der Waals surface area contributed by atoms with E-state index < -0.39 is 0 Å². The average Bonchev–Trinajstić information content (AvgIpc) is 3.10. The van der Waals surface area contributed by atoms with Crippen LogP contribution in [-0.2, 0) is 6.42 Å². The van der Waals surface area contributed by atoms with Crippen molar-refractivity contribution >= 4 is 32.9 Å². The van der Waals surface area contributed by atoms with E-state index in [1.165, 1.54) is 54.9 Å². The summed E-state index contributed by atoms with van der Waals surface area (Å²) >= 11 is 0. The Morgan fingerprint density at radius 2 is 0.818 bits per heavy atom. The molecule has 218 valence electrons. The minimum atomic E-state index is 1.09. The second-order valence-electron chi connectivity index (χ2n) is 10.7. The van der Waals surface area contributed by atoms with Gasteiger partial charge in [0.05, 0.1) is 0 Å². The number of rotatable bonds is 5. The van der Waals surface area contributed by atoms with E-state index in [0.717, 1.165) is 17.8 Å². The van der Waals surface area contributed by atoms with E-state index in [-0.39, 0.29) is 0 Å². The molecule has 1 nitrogen and oxygen atoms in total. The molecule has 0 aromatic heterocycles.